The van der Waals surface area contributed by atoms with Gasteiger partial charge in [0.1, 0.15) is 0 Å². The van der Waals surface area contributed by atoms with Crippen molar-refractivity contribution in [2.75, 3.05) is 12.3 Å². The Hall–Kier alpha value is -2.09. The van der Waals surface area contributed by atoms with Crippen LogP contribution >= 0.6 is 0 Å². The number of nitrogen functional groups attached to an aromatic ring is 1. The van der Waals surface area contributed by atoms with Gasteiger partial charge in [0, 0.05) is 26.0 Å². The largest absolute Gasteiger partial charge is 0.398 e. The van der Waals surface area contributed by atoms with Crippen molar-refractivity contribution < 1.29 is 13.6 Å². The maximum Gasteiger partial charge on any atom is 0.216 e. The number of halogens is 2. The van der Waals surface area contributed by atoms with Gasteiger partial charge in [-0.05, 0) is 6.07 Å². The molecule has 0 saturated heterocycles. The molecule has 0 atom stereocenters. The molecule has 0 unspecified atom stereocenters. The van der Waals surface area contributed by atoms with E-state index in [2.05, 4.69) is 17.2 Å². The fourth-order valence-corrected chi connectivity index (χ4v) is 1.13. The topological polar surface area (TPSA) is 55.1 Å². The molecule has 3 N–H and O–H groups in total. The number of nitrogens with two attached hydrogens (primary N) is 1. The van der Waals surface area contributed by atoms with Crippen molar-refractivity contribution in [2.45, 2.75) is 13.3 Å². The number of hydrogen-bond donors (Lipinski definition) is 2. The smallest absolute Gasteiger partial charge is 0.216 e. The average molecular weight is 238 g/mol. The zero-order chi connectivity index (χ0) is 12.8. The molecule has 90 valence electrons. The second-order valence-electron chi connectivity index (χ2n) is 3.39. The fraction of sp³-hybridized carbons (Fsp3) is 0.250. The maximum absolute atomic E-state index is 12.9. The van der Waals surface area contributed by atoms with E-state index in [0.29, 0.717) is 13.0 Å². The molecule has 1 rings (SSSR count). The summed E-state index contributed by atoms with van der Waals surface area (Å²) in [4.78, 5) is 10.5. The van der Waals surface area contributed by atoms with Gasteiger partial charge in [0.05, 0.1) is 11.3 Å². The minimum atomic E-state index is -0.994. The number of rotatable bonds is 2. The molecule has 1 aromatic rings. The summed E-state index contributed by atoms with van der Waals surface area (Å²) in [5.74, 6) is 3.22. The van der Waals surface area contributed by atoms with Crippen molar-refractivity contribution in [2.24, 2.45) is 0 Å². The lowest BCUT2D eigenvalue weighted by Gasteiger charge is -1.99. The van der Waals surface area contributed by atoms with E-state index in [1.807, 2.05) is 0 Å². The predicted molar refractivity (Wildman–Crippen MR) is 60.9 cm³/mol. The molecule has 0 aliphatic carbocycles. The standard InChI is InChI=1S/C12H12F2N2O/c1-8(17)16-5-3-2-4-9-6-10(13)11(14)7-12(9)15/h6-7H,3,5,15H2,1H3,(H,16,17). The number of amides is 1. The van der Waals surface area contributed by atoms with Crippen molar-refractivity contribution in [3.8, 4) is 11.8 Å². The minimum Gasteiger partial charge on any atom is -0.398 e. The Labute approximate surface area is 98.0 Å². The van der Waals surface area contributed by atoms with Crippen molar-refractivity contribution in [3.05, 3.63) is 29.3 Å². The predicted octanol–water partition coefficient (Wildman–Crippen LogP) is 1.42. The van der Waals surface area contributed by atoms with Gasteiger partial charge in [-0.3, -0.25) is 4.79 Å². The fourth-order valence-electron chi connectivity index (χ4n) is 1.13. The molecule has 0 aliphatic heterocycles. The Morgan fingerprint density at radius 2 is 2.06 bits per heavy atom. The molecule has 0 heterocycles. The normalized spacial score (nSPS) is 9.35. The van der Waals surface area contributed by atoms with Gasteiger partial charge in [-0.2, -0.15) is 0 Å². The van der Waals surface area contributed by atoms with E-state index in [-0.39, 0.29) is 17.2 Å². The molecule has 1 amide bonds. The van der Waals surface area contributed by atoms with E-state index >= 15 is 0 Å². The van der Waals surface area contributed by atoms with E-state index in [1.54, 1.807) is 0 Å². The van der Waals surface area contributed by atoms with Crippen molar-refractivity contribution in [3.63, 3.8) is 0 Å². The van der Waals surface area contributed by atoms with Crippen molar-refractivity contribution >= 4 is 11.6 Å². The van der Waals surface area contributed by atoms with Crippen LogP contribution in [0.25, 0.3) is 0 Å². The first-order valence-electron chi connectivity index (χ1n) is 4.98. The molecule has 0 fully saturated rings. The second-order valence-corrected chi connectivity index (χ2v) is 3.39. The van der Waals surface area contributed by atoms with Crippen LogP contribution in [0.3, 0.4) is 0 Å². The summed E-state index contributed by atoms with van der Waals surface area (Å²) < 4.78 is 25.6. The van der Waals surface area contributed by atoms with E-state index in [0.717, 1.165) is 12.1 Å². The number of carbonyl (C=O) groups is 1. The van der Waals surface area contributed by atoms with Crippen LogP contribution in [0.2, 0.25) is 0 Å². The summed E-state index contributed by atoms with van der Waals surface area (Å²) in [6.07, 6.45) is 0.415. The molecule has 17 heavy (non-hydrogen) atoms. The number of nitrogens with one attached hydrogen (secondary N) is 1. The van der Waals surface area contributed by atoms with E-state index in [9.17, 15) is 13.6 Å². The lowest BCUT2D eigenvalue weighted by Crippen LogP contribution is -2.20. The molecule has 3 nitrogen and oxygen atoms in total. The van der Waals surface area contributed by atoms with Crippen LogP contribution in [-0.2, 0) is 4.79 Å². The summed E-state index contributed by atoms with van der Waals surface area (Å²) in [7, 11) is 0. The van der Waals surface area contributed by atoms with Crippen LogP contribution in [0.5, 0.6) is 0 Å². The highest BCUT2D eigenvalue weighted by atomic mass is 19.2. The third kappa shape index (κ3) is 4.11. The molecule has 0 radical (unpaired) electrons. The number of anilines is 1. The first kappa shape index (κ1) is 13.0. The molecule has 1 aromatic carbocycles. The molecule has 0 aliphatic rings. The van der Waals surface area contributed by atoms with Gasteiger partial charge < -0.3 is 11.1 Å². The SMILES string of the molecule is CC(=O)NCCC#Cc1cc(F)c(F)cc1N. The summed E-state index contributed by atoms with van der Waals surface area (Å²) >= 11 is 0. The van der Waals surface area contributed by atoms with Crippen molar-refractivity contribution in [1.82, 2.24) is 5.32 Å². The highest BCUT2D eigenvalue weighted by Gasteiger charge is 2.05. The minimum absolute atomic E-state index is 0.0935. The Bertz CT molecular complexity index is 489. The van der Waals surface area contributed by atoms with Crippen LogP contribution in [0.4, 0.5) is 14.5 Å². The van der Waals surface area contributed by atoms with E-state index in [4.69, 9.17) is 5.73 Å². The third-order valence-electron chi connectivity index (χ3n) is 1.94. The van der Waals surface area contributed by atoms with Gasteiger partial charge in [0.2, 0.25) is 5.91 Å². The molecular formula is C12H12F2N2O. The van der Waals surface area contributed by atoms with Crippen molar-refractivity contribution in [1.29, 1.82) is 0 Å². The lowest BCUT2D eigenvalue weighted by molar-refractivity contribution is -0.118. The maximum atomic E-state index is 12.9. The van der Waals surface area contributed by atoms with Crippen LogP contribution in [0, 0.1) is 23.5 Å². The Balaban J connectivity index is 2.66. The van der Waals surface area contributed by atoms with Crippen LogP contribution < -0.4 is 11.1 Å². The van der Waals surface area contributed by atoms with E-state index in [1.165, 1.54) is 6.92 Å². The summed E-state index contributed by atoms with van der Waals surface area (Å²) in [6.45, 7) is 1.81. The quantitative estimate of drug-likeness (QED) is 0.465. The van der Waals surface area contributed by atoms with Crippen LogP contribution in [0.1, 0.15) is 18.9 Å². The zero-order valence-electron chi connectivity index (χ0n) is 9.31. The van der Waals surface area contributed by atoms with Gasteiger partial charge in [-0.15, -0.1) is 0 Å². The molecule has 0 spiro atoms. The summed E-state index contributed by atoms with van der Waals surface area (Å²) in [6, 6.07) is 1.85. The molecule has 0 aromatic heterocycles. The Morgan fingerprint density at radius 3 is 2.71 bits per heavy atom. The summed E-state index contributed by atoms with van der Waals surface area (Å²) in [5, 5.41) is 2.56. The highest BCUT2D eigenvalue weighted by Crippen LogP contribution is 2.15. The van der Waals surface area contributed by atoms with Gasteiger partial charge >= 0.3 is 0 Å². The number of hydrogen-bond acceptors (Lipinski definition) is 2. The van der Waals surface area contributed by atoms with Gasteiger partial charge in [-0.25, -0.2) is 8.78 Å². The van der Waals surface area contributed by atoms with Crippen LogP contribution in [0.15, 0.2) is 12.1 Å². The lowest BCUT2D eigenvalue weighted by atomic mass is 10.1. The van der Waals surface area contributed by atoms with E-state index < -0.39 is 11.6 Å². The first-order chi connectivity index (χ1) is 8.00. The van der Waals surface area contributed by atoms with Gasteiger partial charge in [-0.1, -0.05) is 11.8 Å². The Morgan fingerprint density at radius 1 is 1.41 bits per heavy atom. The van der Waals surface area contributed by atoms with Crippen LogP contribution in [-0.4, -0.2) is 12.5 Å². The molecular weight excluding hydrogens is 226 g/mol. The average Bonchev–Trinajstić information content (AvgIpc) is 2.24. The monoisotopic (exact) mass is 238 g/mol. The second kappa shape index (κ2) is 5.85. The third-order valence-corrected chi connectivity index (χ3v) is 1.94. The molecule has 5 heteroatoms. The zero-order valence-corrected chi connectivity index (χ0v) is 9.31. The number of carbonyl (C=O) groups excluding carboxylic acids is 1. The highest BCUT2D eigenvalue weighted by molar-refractivity contribution is 5.72. The number of benzene rings is 1. The molecule has 0 bridgehead atoms. The Kier molecular flexibility index (Phi) is 4.46. The molecule has 0 saturated carbocycles. The first-order valence-corrected chi connectivity index (χ1v) is 4.98. The summed E-state index contributed by atoms with van der Waals surface area (Å²) in [5.41, 5.74) is 5.81. The van der Waals surface area contributed by atoms with Gasteiger partial charge in [0.25, 0.3) is 0 Å². The van der Waals surface area contributed by atoms with Gasteiger partial charge in [0.15, 0.2) is 11.6 Å².